The van der Waals surface area contributed by atoms with Gasteiger partial charge in [0.05, 0.1) is 0 Å². The summed E-state index contributed by atoms with van der Waals surface area (Å²) in [6, 6.07) is 0. The number of rotatable bonds is 1. The van der Waals surface area contributed by atoms with Gasteiger partial charge in [0, 0.05) is 0 Å². The first-order valence-electron chi connectivity index (χ1n) is 0.977. The fourth-order valence-electron chi connectivity index (χ4n) is 0. The van der Waals surface area contributed by atoms with Gasteiger partial charge in [0.25, 0.3) is 0 Å². The summed E-state index contributed by atoms with van der Waals surface area (Å²) in [5.41, 5.74) is 0. The Labute approximate surface area is 43.2 Å². The Morgan fingerprint density at radius 1 is 1.60 bits per heavy atom. The van der Waals surface area contributed by atoms with Crippen LogP contribution in [0.25, 0.3) is 0 Å². The molecule has 0 atom stereocenters. The van der Waals surface area contributed by atoms with Crippen LogP contribution < -0.4 is 0 Å². The fraction of sp³-hybridized carbons (Fsp3) is 0. The first kappa shape index (κ1) is 8.89. The van der Waals surface area contributed by atoms with E-state index < -0.39 is 0 Å². The summed E-state index contributed by atoms with van der Waals surface area (Å²) in [5, 5.41) is 0. The van der Waals surface area contributed by atoms with Crippen LogP contribution in [0.3, 0.4) is 0 Å². The van der Waals surface area contributed by atoms with Crippen LogP contribution in [0.15, 0.2) is 12.7 Å². The maximum absolute atomic E-state index is 9.06. The Morgan fingerprint density at radius 3 is 1.80 bits per heavy atom. The minimum absolute atomic E-state index is 0. The van der Waals surface area contributed by atoms with Crippen molar-refractivity contribution in [1.82, 2.24) is 0 Å². The Balaban J connectivity index is 0. The monoisotopic (exact) mass is 64.1 g/mol. The second kappa shape index (κ2) is 8.99. The molecule has 0 aromatic heterocycles. The molecule has 24 valence electrons. The summed E-state index contributed by atoms with van der Waals surface area (Å²) in [6.07, 6.45) is 1.83. The number of hydrogen-bond acceptors (Lipinski definition) is 1. The number of carbonyl (C=O) groups excluding carboxylic acids is 1. The van der Waals surface area contributed by atoms with Gasteiger partial charge in [-0.2, -0.15) is 0 Å². The van der Waals surface area contributed by atoms with Crippen molar-refractivity contribution in [3.63, 3.8) is 0 Å². The van der Waals surface area contributed by atoms with Gasteiger partial charge in [-0.05, 0) is 6.08 Å². The van der Waals surface area contributed by atoms with Crippen LogP contribution in [0.4, 0.5) is 0 Å². The van der Waals surface area contributed by atoms with Crippen LogP contribution >= 0.6 is 0 Å². The quantitative estimate of drug-likeness (QED) is 0.233. The van der Waals surface area contributed by atoms with E-state index in [1.54, 1.807) is 0 Å². The Kier molecular flexibility index (Phi) is 16.0. The molecule has 0 amide bonds. The second-order valence-corrected chi connectivity index (χ2v) is 0.372. The molecule has 5 heavy (non-hydrogen) atoms. The van der Waals surface area contributed by atoms with E-state index in [1.807, 2.05) is 0 Å². The third-order valence-corrected chi connectivity index (χ3v) is 0.0962. The molecular weight excluding hydrogens is 59.0 g/mol. The Bertz CT molecular complexity index is 27.9. The topological polar surface area (TPSA) is 17.1 Å². The van der Waals surface area contributed by atoms with Gasteiger partial charge in [0.2, 0.25) is 0 Å². The average molecular weight is 64.0 g/mol. The van der Waals surface area contributed by atoms with Crippen LogP contribution in [0.1, 0.15) is 0 Å². The predicted molar refractivity (Wildman–Crippen MR) is 23.4 cm³/mol. The van der Waals surface area contributed by atoms with E-state index in [0.29, 0.717) is 6.29 Å². The molecule has 0 aromatic rings. The van der Waals surface area contributed by atoms with E-state index in [2.05, 4.69) is 6.58 Å². The van der Waals surface area contributed by atoms with Gasteiger partial charge < -0.3 is 0 Å². The molecule has 0 bridgehead atoms. The van der Waals surface area contributed by atoms with Gasteiger partial charge in [-0.1, -0.05) is 6.58 Å². The summed E-state index contributed by atoms with van der Waals surface area (Å²) < 4.78 is 0. The number of hydrogen-bond donors (Lipinski definition) is 0. The van der Waals surface area contributed by atoms with Gasteiger partial charge in [-0.3, -0.25) is 4.79 Å². The summed E-state index contributed by atoms with van der Waals surface area (Å²) >= 11 is 0. The van der Waals surface area contributed by atoms with Crippen molar-refractivity contribution in [2.24, 2.45) is 0 Å². The zero-order chi connectivity index (χ0) is 3.41. The van der Waals surface area contributed by atoms with Crippen molar-refractivity contribution in [1.29, 1.82) is 0 Å². The molecule has 0 aliphatic rings. The molecule has 0 spiro atoms. The van der Waals surface area contributed by atoms with Crippen molar-refractivity contribution in [3.8, 4) is 0 Å². The van der Waals surface area contributed by atoms with Crippen molar-refractivity contribution >= 4 is 25.1 Å². The van der Waals surface area contributed by atoms with Crippen molar-refractivity contribution in [2.75, 3.05) is 0 Å². The third-order valence-electron chi connectivity index (χ3n) is 0.0962. The van der Waals surface area contributed by atoms with Crippen LogP contribution in [0.5, 0.6) is 0 Å². The van der Waals surface area contributed by atoms with Gasteiger partial charge in [0.1, 0.15) is 6.29 Å². The molecule has 2 heteroatoms. The summed E-state index contributed by atoms with van der Waals surface area (Å²) in [5.74, 6) is 0. The molecule has 0 saturated carbocycles. The van der Waals surface area contributed by atoms with Gasteiger partial charge >= 0.3 is 18.9 Å². The average Bonchev–Trinajstić information content (AvgIpc) is 1.37. The molecule has 1 nitrogen and oxygen atoms in total. The number of carbonyl (C=O) groups is 1. The van der Waals surface area contributed by atoms with Crippen molar-refractivity contribution < 1.29 is 4.79 Å². The fourth-order valence-corrected chi connectivity index (χ4v) is 0. The van der Waals surface area contributed by atoms with E-state index >= 15 is 0 Å². The summed E-state index contributed by atoms with van der Waals surface area (Å²) in [6.45, 7) is 3.11. The zero-order valence-electron chi connectivity index (χ0n) is 2.27. The predicted octanol–water partition coefficient (Wildman–Crippen LogP) is -0.277. The molecule has 0 unspecified atom stereocenters. The van der Waals surface area contributed by atoms with E-state index in [1.165, 1.54) is 6.08 Å². The van der Waals surface area contributed by atoms with Crippen LogP contribution in [0, 0.1) is 0 Å². The second-order valence-electron chi connectivity index (χ2n) is 0.372. The molecule has 0 radical (unpaired) electrons. The first-order chi connectivity index (χ1) is 1.91. The molecule has 0 aromatic carbocycles. The number of aldehydes is 1. The first-order valence-corrected chi connectivity index (χ1v) is 0.977. The van der Waals surface area contributed by atoms with Crippen LogP contribution in [-0.2, 0) is 4.79 Å². The normalized spacial score (nSPS) is 4.00. The molecule has 0 rings (SSSR count). The van der Waals surface area contributed by atoms with Crippen molar-refractivity contribution in [2.45, 2.75) is 0 Å². The summed E-state index contributed by atoms with van der Waals surface area (Å²) in [4.78, 5) is 9.06. The van der Waals surface area contributed by atoms with E-state index in [-0.39, 0.29) is 18.9 Å². The molecule has 0 saturated heterocycles. The molecule has 0 heterocycles. The maximum atomic E-state index is 9.06. The Hall–Kier alpha value is 0.00740. The summed E-state index contributed by atoms with van der Waals surface area (Å²) in [7, 11) is 0. The van der Waals surface area contributed by atoms with Gasteiger partial charge in [0.15, 0.2) is 0 Å². The zero-order valence-corrected chi connectivity index (χ0v) is 2.27. The molecule has 0 fully saturated rings. The van der Waals surface area contributed by atoms with Crippen LogP contribution in [-0.4, -0.2) is 25.1 Å². The van der Waals surface area contributed by atoms with E-state index in [4.69, 9.17) is 4.79 Å². The molecule has 0 aliphatic carbocycles. The molecule has 0 N–H and O–H groups in total. The SMILES string of the molecule is C=CC=O.[LiH]. The van der Waals surface area contributed by atoms with Crippen molar-refractivity contribution in [3.05, 3.63) is 12.7 Å². The Morgan fingerprint density at radius 2 is 1.80 bits per heavy atom. The van der Waals surface area contributed by atoms with E-state index in [0.717, 1.165) is 0 Å². The standard InChI is InChI=1S/C3H4O.Li.H/c1-2-3-4;;/h2-3H,1H2;;. The molecular formula is C3H5LiO. The number of allylic oxidation sites excluding steroid dienone is 1. The minimum atomic E-state index is 0. The van der Waals surface area contributed by atoms with Gasteiger partial charge in [-0.15, -0.1) is 0 Å². The van der Waals surface area contributed by atoms with Gasteiger partial charge in [-0.25, -0.2) is 0 Å². The van der Waals surface area contributed by atoms with E-state index in [9.17, 15) is 0 Å². The third kappa shape index (κ3) is 15.9. The molecule has 0 aliphatic heterocycles. The van der Waals surface area contributed by atoms with Crippen LogP contribution in [0.2, 0.25) is 0 Å².